The molecule has 3 nitrogen and oxygen atoms in total. The number of halogens is 4. The highest BCUT2D eigenvalue weighted by atomic mass is 35.5. The molecule has 0 saturated heterocycles. The van der Waals surface area contributed by atoms with Crippen LogP contribution in [0.2, 0.25) is 0 Å². The molecule has 1 aromatic heterocycles. The summed E-state index contributed by atoms with van der Waals surface area (Å²) in [6.45, 7) is 0. The molecule has 0 aliphatic rings. The van der Waals surface area contributed by atoms with Crippen molar-refractivity contribution < 1.29 is 0 Å². The van der Waals surface area contributed by atoms with Crippen LogP contribution in [0.25, 0.3) is 0 Å². The minimum Gasteiger partial charge on any atom is -0.147 e. The van der Waals surface area contributed by atoms with E-state index in [-0.39, 0.29) is 49.6 Å². The van der Waals surface area contributed by atoms with E-state index in [9.17, 15) is 0 Å². The van der Waals surface area contributed by atoms with Gasteiger partial charge in [0, 0.05) is 0 Å². The molecule has 62 valence electrons. The summed E-state index contributed by atoms with van der Waals surface area (Å²) in [4.78, 5) is 0. The van der Waals surface area contributed by atoms with E-state index < -0.39 is 0 Å². The number of aromatic nitrogens is 3. The van der Waals surface area contributed by atoms with Crippen molar-refractivity contribution in [2.24, 2.45) is 0 Å². The Morgan fingerprint density at radius 1 is 0.700 bits per heavy atom. The van der Waals surface area contributed by atoms with Gasteiger partial charge in [-0.15, -0.1) is 59.8 Å². The van der Waals surface area contributed by atoms with Crippen LogP contribution in [0.3, 0.4) is 0 Å². The Hall–Kier alpha value is 0.170. The molecule has 0 aliphatic carbocycles. The second-order valence-corrected chi connectivity index (χ2v) is 0.811. The van der Waals surface area contributed by atoms with Crippen LogP contribution in [-0.2, 0) is 0 Å². The Morgan fingerprint density at radius 2 is 1.10 bits per heavy atom. The molecule has 1 rings (SSSR count). The predicted molar refractivity (Wildman–Crippen MR) is 48.8 cm³/mol. The minimum atomic E-state index is 0. The summed E-state index contributed by atoms with van der Waals surface area (Å²) in [7, 11) is 0. The maximum atomic E-state index is 3.42. The van der Waals surface area contributed by atoms with Gasteiger partial charge in [-0.25, -0.2) is 0 Å². The Labute approximate surface area is 83.6 Å². The van der Waals surface area contributed by atoms with Crippen molar-refractivity contribution in [3.63, 3.8) is 0 Å². The number of hydrogen-bond donors (Lipinski definition) is 0. The van der Waals surface area contributed by atoms with Crippen molar-refractivity contribution in [1.29, 1.82) is 0 Å². The molecule has 0 saturated carbocycles. The number of hydrogen-bond acceptors (Lipinski definition) is 3. The second kappa shape index (κ2) is 16.1. The summed E-state index contributed by atoms with van der Waals surface area (Å²) >= 11 is 0. The van der Waals surface area contributed by atoms with E-state index in [1.807, 2.05) is 0 Å². The summed E-state index contributed by atoms with van der Waals surface area (Å²) in [5.74, 6) is 0. The zero-order valence-corrected chi connectivity index (χ0v) is 7.97. The smallest absolute Gasteiger partial charge is 0.0529 e. The summed E-state index contributed by atoms with van der Waals surface area (Å²) in [5, 5.41) is 10.1. The number of nitrogens with zero attached hydrogens (tertiary/aromatic N) is 3. The number of rotatable bonds is 0. The van der Waals surface area contributed by atoms with E-state index in [2.05, 4.69) is 15.4 Å². The quantitative estimate of drug-likeness (QED) is 0.674. The van der Waals surface area contributed by atoms with Gasteiger partial charge in [0.25, 0.3) is 0 Å². The average Bonchev–Trinajstić information content (AvgIpc) is 1.72. The van der Waals surface area contributed by atoms with Crippen LogP contribution in [0.4, 0.5) is 0 Å². The van der Waals surface area contributed by atoms with E-state index >= 15 is 0 Å². The molecule has 0 bridgehead atoms. The van der Waals surface area contributed by atoms with Crippen LogP contribution < -0.4 is 0 Å². The van der Waals surface area contributed by atoms with Crippen LogP contribution in [0, 0.1) is 0 Å². The molecule has 0 radical (unpaired) electrons. The van der Waals surface area contributed by atoms with Gasteiger partial charge < -0.3 is 0 Å². The normalized spacial score (nSPS) is 4.80. The molecule has 0 spiro atoms. The highest BCUT2D eigenvalue weighted by Gasteiger charge is 1.60. The van der Waals surface area contributed by atoms with Gasteiger partial charge in [0.05, 0.1) is 12.4 Å². The molecule has 1 aromatic rings. The van der Waals surface area contributed by atoms with Crippen molar-refractivity contribution in [3.8, 4) is 0 Å². The first-order chi connectivity index (χ1) is 3.00. The van der Waals surface area contributed by atoms with E-state index in [1.165, 1.54) is 0 Å². The van der Waals surface area contributed by atoms with Crippen LogP contribution in [0.5, 0.6) is 0 Å². The Morgan fingerprint density at radius 3 is 1.20 bits per heavy atom. The first kappa shape index (κ1) is 22.5. The van der Waals surface area contributed by atoms with Gasteiger partial charge in [0.15, 0.2) is 0 Å². The lowest BCUT2D eigenvalue weighted by atomic mass is 10.7. The van der Waals surface area contributed by atoms with Gasteiger partial charge in [0.1, 0.15) is 0 Å². The lowest BCUT2D eigenvalue weighted by Crippen LogP contribution is -1.78. The molecule has 0 aliphatic heterocycles. The molecule has 0 unspecified atom stereocenters. The van der Waals surface area contributed by atoms with Crippen LogP contribution in [0.15, 0.2) is 18.5 Å². The Kier molecular flexibility index (Phi) is 36.1. The summed E-state index contributed by atoms with van der Waals surface area (Å²) < 4.78 is 0. The van der Waals surface area contributed by atoms with Gasteiger partial charge in [-0.2, -0.15) is 0 Å². The molecule has 7 heteroatoms. The fourth-order valence-corrected chi connectivity index (χ4v) is 0.205. The van der Waals surface area contributed by atoms with Crippen LogP contribution >= 0.6 is 49.6 Å². The second-order valence-electron chi connectivity index (χ2n) is 0.811. The largest absolute Gasteiger partial charge is 0.147 e. The Balaban J connectivity index is -0.0000000450. The molecule has 0 amide bonds. The zero-order chi connectivity index (χ0) is 4.24. The molecular weight excluding hydrogens is 220 g/mol. The molecule has 1 heterocycles. The first-order valence-electron chi connectivity index (χ1n) is 1.58. The third-order valence-corrected chi connectivity index (χ3v) is 0.409. The van der Waals surface area contributed by atoms with Gasteiger partial charge in [0.2, 0.25) is 0 Å². The fraction of sp³-hybridized carbons (Fsp3) is 0. The van der Waals surface area contributed by atoms with E-state index in [4.69, 9.17) is 0 Å². The lowest BCUT2D eigenvalue weighted by Gasteiger charge is -1.68. The van der Waals surface area contributed by atoms with Gasteiger partial charge in [-0.3, -0.25) is 0 Å². The highest BCUT2D eigenvalue weighted by Crippen LogP contribution is 1.61. The lowest BCUT2D eigenvalue weighted by molar-refractivity contribution is 0.865. The maximum absolute atomic E-state index is 3.42. The van der Waals surface area contributed by atoms with Crippen molar-refractivity contribution >= 4 is 49.6 Å². The van der Waals surface area contributed by atoms with E-state index in [0.717, 1.165) is 0 Å². The first-order valence-corrected chi connectivity index (χ1v) is 1.58. The third kappa shape index (κ3) is 11.0. The fourth-order valence-electron chi connectivity index (χ4n) is 0.205. The monoisotopic (exact) mass is 225 g/mol. The van der Waals surface area contributed by atoms with Gasteiger partial charge in [-0.1, -0.05) is 0 Å². The van der Waals surface area contributed by atoms with Gasteiger partial charge in [-0.05, 0) is 11.3 Å². The summed E-state index contributed by atoms with van der Waals surface area (Å²) in [5.41, 5.74) is 0. The molecule has 10 heavy (non-hydrogen) atoms. The Bertz CT molecular complexity index is 87.7. The highest BCUT2D eigenvalue weighted by molar-refractivity contribution is 5.86. The molecule has 0 fully saturated rings. The standard InChI is InChI=1S/C3H3N3.4ClH/c1-2-4-6-5-3-1;;;;/h1-3H;4*1H. The van der Waals surface area contributed by atoms with Crippen LogP contribution in [0.1, 0.15) is 0 Å². The molecule has 0 atom stereocenters. The minimum absolute atomic E-state index is 0. The average molecular weight is 227 g/mol. The third-order valence-electron chi connectivity index (χ3n) is 0.409. The van der Waals surface area contributed by atoms with Gasteiger partial charge >= 0.3 is 0 Å². The summed E-state index contributed by atoms with van der Waals surface area (Å²) in [6.07, 6.45) is 3.15. The molecular formula is C3H7Cl4N3. The predicted octanol–water partition coefficient (Wildman–Crippen LogP) is 1.56. The molecule has 0 aromatic carbocycles. The zero-order valence-electron chi connectivity index (χ0n) is 4.71. The van der Waals surface area contributed by atoms with E-state index in [0.29, 0.717) is 0 Å². The topological polar surface area (TPSA) is 38.7 Å². The van der Waals surface area contributed by atoms with Crippen molar-refractivity contribution in [2.45, 2.75) is 0 Å². The molecule has 0 N–H and O–H groups in total. The van der Waals surface area contributed by atoms with Crippen molar-refractivity contribution in [3.05, 3.63) is 18.5 Å². The summed E-state index contributed by atoms with van der Waals surface area (Å²) in [6, 6.07) is 1.72. The van der Waals surface area contributed by atoms with Crippen molar-refractivity contribution in [2.75, 3.05) is 0 Å². The van der Waals surface area contributed by atoms with Crippen LogP contribution in [-0.4, -0.2) is 15.4 Å². The maximum Gasteiger partial charge on any atom is 0.0529 e. The van der Waals surface area contributed by atoms with Crippen molar-refractivity contribution in [1.82, 2.24) is 15.4 Å². The SMILES string of the molecule is Cl.Cl.Cl.Cl.c1cnnnc1. The van der Waals surface area contributed by atoms with E-state index in [1.54, 1.807) is 18.5 Å².